The minimum absolute atomic E-state index is 0.0333. The van der Waals surface area contributed by atoms with Gasteiger partial charge in [-0.1, -0.05) is 24.6 Å². The van der Waals surface area contributed by atoms with Crippen molar-refractivity contribution in [3.05, 3.63) is 74.6 Å². The van der Waals surface area contributed by atoms with Gasteiger partial charge in [-0.3, -0.25) is 9.59 Å². The molecule has 0 saturated heterocycles. The van der Waals surface area contributed by atoms with E-state index >= 15 is 0 Å². The number of para-hydroxylation sites is 1. The number of carboxylic acids is 1. The summed E-state index contributed by atoms with van der Waals surface area (Å²) in [5, 5.41) is 42.1. The number of aromatic nitrogens is 1. The molecule has 4 N–H and O–H groups in total. The van der Waals surface area contributed by atoms with Crippen LogP contribution in [0.5, 0.6) is 11.6 Å². The fraction of sp³-hybridized carbons (Fsp3) is 0.400. The van der Waals surface area contributed by atoms with Crippen LogP contribution in [0.15, 0.2) is 51.4 Å². The number of aliphatic carboxylic acids is 1. The van der Waals surface area contributed by atoms with Gasteiger partial charge >= 0.3 is 12.1 Å². The number of hydrogen-bond donors (Lipinski definition) is 4. The van der Waals surface area contributed by atoms with Gasteiger partial charge < -0.3 is 20.6 Å². The quantitative estimate of drug-likeness (QED) is 0.220. The van der Waals surface area contributed by atoms with E-state index in [1.165, 1.54) is 13.0 Å². The molecular formula is C30H33F3N4O5. The van der Waals surface area contributed by atoms with E-state index in [1.54, 1.807) is 30.3 Å². The zero-order valence-corrected chi connectivity index (χ0v) is 23.5. The third-order valence-corrected chi connectivity index (χ3v) is 7.84. The minimum Gasteiger partial charge on any atom is -0.505 e. The number of aryl methyl sites for hydroxylation is 2. The lowest BCUT2D eigenvalue weighted by molar-refractivity contribution is -0.143. The Labute approximate surface area is 240 Å². The number of pyridine rings is 1. The van der Waals surface area contributed by atoms with Gasteiger partial charge in [-0.25, -0.2) is 4.57 Å². The fourth-order valence-electron chi connectivity index (χ4n) is 5.33. The van der Waals surface area contributed by atoms with Gasteiger partial charge in [-0.2, -0.15) is 13.2 Å². The predicted octanol–water partition coefficient (Wildman–Crippen LogP) is 6.60. The van der Waals surface area contributed by atoms with Crippen LogP contribution in [-0.2, 0) is 11.3 Å². The molecule has 12 heteroatoms. The van der Waals surface area contributed by atoms with E-state index < -0.39 is 42.6 Å². The van der Waals surface area contributed by atoms with Gasteiger partial charge in [0.2, 0.25) is 5.88 Å². The van der Waals surface area contributed by atoms with E-state index in [9.17, 15) is 38.1 Å². The molecule has 1 aliphatic rings. The molecule has 2 unspecified atom stereocenters. The van der Waals surface area contributed by atoms with Crippen molar-refractivity contribution in [3.8, 4) is 17.3 Å². The standard InChI is InChI=1S/C30H33F3N4O5/c1-16-10-11-21(12-17(16)2)37-27(39)23(14-34-15-30(31,32)33)18(3)25(28(37)40)36-35-24-9-5-8-22(26(24)38)19-6-4-7-20(13-19)29(41)42/h5,8-12,19-20,34,38-39H,4,6-7,13-15H2,1-3H3,(H,41,42). The molecule has 0 aliphatic heterocycles. The molecule has 0 radical (unpaired) electrons. The smallest absolute Gasteiger partial charge is 0.401 e. The van der Waals surface area contributed by atoms with Crippen LogP contribution >= 0.6 is 0 Å². The molecule has 0 amide bonds. The number of benzene rings is 2. The number of phenols is 1. The Balaban J connectivity index is 1.78. The molecule has 224 valence electrons. The van der Waals surface area contributed by atoms with Crippen molar-refractivity contribution in [1.82, 2.24) is 9.88 Å². The van der Waals surface area contributed by atoms with Gasteiger partial charge in [0.25, 0.3) is 5.56 Å². The molecule has 3 aromatic rings. The van der Waals surface area contributed by atoms with Gasteiger partial charge in [-0.05, 0) is 86.4 Å². The minimum atomic E-state index is -4.49. The highest BCUT2D eigenvalue weighted by Gasteiger charge is 2.30. The number of phenolic OH excluding ortho intramolecular Hbond substituents is 1. The first-order valence-corrected chi connectivity index (χ1v) is 13.6. The van der Waals surface area contributed by atoms with Crippen LogP contribution in [0.2, 0.25) is 0 Å². The van der Waals surface area contributed by atoms with Crippen LogP contribution in [0.25, 0.3) is 5.69 Å². The van der Waals surface area contributed by atoms with Gasteiger partial charge in [0, 0.05) is 12.1 Å². The number of rotatable bonds is 8. The van der Waals surface area contributed by atoms with E-state index in [4.69, 9.17) is 0 Å². The molecule has 2 atom stereocenters. The molecule has 1 fully saturated rings. The second kappa shape index (κ2) is 12.4. The molecule has 1 aliphatic carbocycles. The monoisotopic (exact) mass is 586 g/mol. The molecule has 4 rings (SSSR count). The number of azo groups is 1. The topological polar surface area (TPSA) is 137 Å². The predicted molar refractivity (Wildman–Crippen MR) is 150 cm³/mol. The number of nitrogens with one attached hydrogen (secondary N) is 1. The third-order valence-electron chi connectivity index (χ3n) is 7.84. The normalized spacial score (nSPS) is 17.6. The van der Waals surface area contributed by atoms with Gasteiger partial charge in [0.05, 0.1) is 18.2 Å². The van der Waals surface area contributed by atoms with Crippen LogP contribution in [0.3, 0.4) is 0 Å². The maximum Gasteiger partial charge on any atom is 0.401 e. The Bertz CT molecular complexity index is 1580. The summed E-state index contributed by atoms with van der Waals surface area (Å²) in [7, 11) is 0. The van der Waals surface area contributed by atoms with Gasteiger partial charge in [0.1, 0.15) is 11.4 Å². The Kier molecular flexibility index (Phi) is 9.05. The maximum absolute atomic E-state index is 13.6. The van der Waals surface area contributed by atoms with Crippen molar-refractivity contribution in [2.45, 2.75) is 65.1 Å². The third kappa shape index (κ3) is 6.64. The van der Waals surface area contributed by atoms with Gasteiger partial charge in [0.15, 0.2) is 5.69 Å². The van der Waals surface area contributed by atoms with E-state index in [1.807, 2.05) is 13.8 Å². The maximum atomic E-state index is 13.6. The lowest BCUT2D eigenvalue weighted by Crippen LogP contribution is -2.29. The summed E-state index contributed by atoms with van der Waals surface area (Å²) in [4.78, 5) is 25.2. The summed E-state index contributed by atoms with van der Waals surface area (Å²) < 4.78 is 39.5. The highest BCUT2D eigenvalue weighted by atomic mass is 19.4. The molecule has 2 aromatic carbocycles. The number of hydrogen-bond acceptors (Lipinski definition) is 7. The molecule has 0 spiro atoms. The van der Waals surface area contributed by atoms with Crippen LogP contribution < -0.4 is 10.9 Å². The lowest BCUT2D eigenvalue weighted by Gasteiger charge is -2.27. The summed E-state index contributed by atoms with van der Waals surface area (Å²) in [6, 6.07) is 9.87. The van der Waals surface area contributed by atoms with Crippen LogP contribution in [0, 0.1) is 26.7 Å². The molecule has 0 bridgehead atoms. The van der Waals surface area contributed by atoms with E-state index in [0.717, 1.165) is 15.7 Å². The molecule has 1 saturated carbocycles. The van der Waals surface area contributed by atoms with Crippen molar-refractivity contribution in [2.75, 3.05) is 6.54 Å². The van der Waals surface area contributed by atoms with Gasteiger partial charge in [-0.15, -0.1) is 10.2 Å². The number of alkyl halides is 3. The summed E-state index contributed by atoms with van der Waals surface area (Å²) >= 11 is 0. The fourth-order valence-corrected chi connectivity index (χ4v) is 5.33. The summed E-state index contributed by atoms with van der Waals surface area (Å²) in [5.74, 6) is -2.29. The van der Waals surface area contributed by atoms with Crippen LogP contribution in [0.4, 0.5) is 24.5 Å². The Hall–Kier alpha value is -4.19. The second-order valence-corrected chi connectivity index (χ2v) is 10.7. The highest BCUT2D eigenvalue weighted by molar-refractivity contribution is 5.70. The van der Waals surface area contributed by atoms with Crippen molar-refractivity contribution >= 4 is 17.3 Å². The zero-order chi connectivity index (χ0) is 30.8. The number of aromatic hydroxyl groups is 2. The summed E-state index contributed by atoms with van der Waals surface area (Å²) in [5.41, 5.74) is 1.84. The van der Waals surface area contributed by atoms with Crippen molar-refractivity contribution in [2.24, 2.45) is 16.1 Å². The average Bonchev–Trinajstić information content (AvgIpc) is 2.92. The lowest BCUT2D eigenvalue weighted by atomic mass is 9.77. The van der Waals surface area contributed by atoms with Crippen molar-refractivity contribution in [1.29, 1.82) is 0 Å². The molecule has 1 aromatic heterocycles. The first kappa shape index (κ1) is 30.8. The molecule has 9 nitrogen and oxygen atoms in total. The molecule has 42 heavy (non-hydrogen) atoms. The Morgan fingerprint density at radius 3 is 2.48 bits per heavy atom. The van der Waals surface area contributed by atoms with Crippen molar-refractivity contribution < 1.29 is 33.3 Å². The summed E-state index contributed by atoms with van der Waals surface area (Å²) in [6.45, 7) is 3.43. The number of nitrogens with zero attached hydrogens (tertiary/aromatic N) is 3. The number of carbonyl (C=O) groups is 1. The first-order chi connectivity index (χ1) is 19.8. The Morgan fingerprint density at radius 1 is 1.07 bits per heavy atom. The molecule has 1 heterocycles. The largest absolute Gasteiger partial charge is 0.505 e. The molecular weight excluding hydrogens is 553 g/mol. The number of carboxylic acid groups (broad SMARTS) is 1. The van der Waals surface area contributed by atoms with E-state index in [0.29, 0.717) is 36.9 Å². The first-order valence-electron chi connectivity index (χ1n) is 13.6. The van der Waals surface area contributed by atoms with Crippen LogP contribution in [0.1, 0.15) is 59.4 Å². The second-order valence-electron chi connectivity index (χ2n) is 10.7. The summed E-state index contributed by atoms with van der Waals surface area (Å²) in [6.07, 6.45) is -2.15. The Morgan fingerprint density at radius 2 is 1.81 bits per heavy atom. The number of halogens is 3. The SMILES string of the molecule is Cc1ccc(-n2c(O)c(CNCC(F)(F)F)c(C)c(N=Nc3cccc(C4CCCC(C(=O)O)C4)c3O)c2=O)cc1C. The van der Waals surface area contributed by atoms with E-state index in [-0.39, 0.29) is 34.2 Å². The van der Waals surface area contributed by atoms with Crippen molar-refractivity contribution in [3.63, 3.8) is 0 Å². The van der Waals surface area contributed by atoms with Crippen LogP contribution in [-0.4, -0.2) is 38.6 Å². The zero-order valence-electron chi connectivity index (χ0n) is 23.5. The van der Waals surface area contributed by atoms with E-state index in [2.05, 4.69) is 15.5 Å². The highest BCUT2D eigenvalue weighted by Crippen LogP contribution is 2.43. The average molecular weight is 587 g/mol.